The van der Waals surface area contributed by atoms with Crippen LogP contribution in [0.15, 0.2) is 48.3 Å². The van der Waals surface area contributed by atoms with Gasteiger partial charge in [-0.25, -0.2) is 0 Å². The molecular weight excluding hydrogens is 304 g/mol. The zero-order valence-electron chi connectivity index (χ0n) is 13.8. The van der Waals surface area contributed by atoms with Gasteiger partial charge in [-0.05, 0) is 43.7 Å². The second-order valence-electron chi connectivity index (χ2n) is 5.16. The molecular formula is C18H18N4O2. The maximum Gasteiger partial charge on any atom is 0.267 e. The van der Waals surface area contributed by atoms with Crippen molar-refractivity contribution < 1.29 is 9.53 Å². The molecule has 0 spiro atoms. The first-order chi connectivity index (χ1) is 11.5. The Morgan fingerprint density at radius 2 is 2.08 bits per heavy atom. The first-order valence-electron chi connectivity index (χ1n) is 7.29. The van der Waals surface area contributed by atoms with E-state index in [1.54, 1.807) is 18.3 Å². The van der Waals surface area contributed by atoms with Gasteiger partial charge in [-0.1, -0.05) is 6.07 Å². The van der Waals surface area contributed by atoms with E-state index in [0.717, 1.165) is 11.3 Å². The summed E-state index contributed by atoms with van der Waals surface area (Å²) < 4.78 is 5.21. The molecule has 0 aliphatic rings. The number of benzene rings is 1. The molecule has 2 N–H and O–H groups in total. The summed E-state index contributed by atoms with van der Waals surface area (Å²) in [6.45, 7) is 3.78. The van der Waals surface area contributed by atoms with Gasteiger partial charge >= 0.3 is 0 Å². The molecule has 0 radical (unpaired) electrons. The number of hydrogen-bond acceptors (Lipinski definition) is 5. The summed E-state index contributed by atoms with van der Waals surface area (Å²) in [5, 5.41) is 14.8. The highest BCUT2D eigenvalue weighted by molar-refractivity contribution is 6.07. The summed E-state index contributed by atoms with van der Waals surface area (Å²) in [6.07, 6.45) is 2.98. The number of carbonyl (C=O) groups excluding carboxylic acids is 1. The van der Waals surface area contributed by atoms with Crippen molar-refractivity contribution in [1.82, 2.24) is 4.98 Å². The highest BCUT2D eigenvalue weighted by Gasteiger charge is 2.12. The van der Waals surface area contributed by atoms with Gasteiger partial charge in [0.1, 0.15) is 17.4 Å². The van der Waals surface area contributed by atoms with Gasteiger partial charge in [0.05, 0.1) is 24.7 Å². The fourth-order valence-corrected chi connectivity index (χ4v) is 1.97. The number of carbonyl (C=O) groups is 1. The normalized spacial score (nSPS) is 10.7. The topological polar surface area (TPSA) is 87.0 Å². The van der Waals surface area contributed by atoms with Gasteiger partial charge in [0, 0.05) is 11.9 Å². The van der Waals surface area contributed by atoms with Crippen molar-refractivity contribution >= 4 is 17.3 Å². The Labute approximate surface area is 140 Å². The Morgan fingerprint density at radius 1 is 1.29 bits per heavy atom. The number of anilines is 2. The molecule has 2 rings (SSSR count). The summed E-state index contributed by atoms with van der Waals surface area (Å²) in [4.78, 5) is 16.4. The van der Waals surface area contributed by atoms with Crippen LogP contribution in [0.2, 0.25) is 0 Å². The molecule has 0 aliphatic heterocycles. The molecule has 122 valence electrons. The van der Waals surface area contributed by atoms with Crippen molar-refractivity contribution in [2.45, 2.75) is 13.8 Å². The van der Waals surface area contributed by atoms with E-state index in [2.05, 4.69) is 15.6 Å². The lowest BCUT2D eigenvalue weighted by Gasteiger charge is -2.10. The van der Waals surface area contributed by atoms with Crippen LogP contribution in [0.1, 0.15) is 11.3 Å². The predicted octanol–water partition coefficient (Wildman–Crippen LogP) is 3.17. The summed E-state index contributed by atoms with van der Waals surface area (Å²) in [6, 6.07) is 10.9. The molecule has 0 saturated carbocycles. The Balaban J connectivity index is 2.14. The molecule has 0 atom stereocenters. The van der Waals surface area contributed by atoms with Crippen molar-refractivity contribution in [3.63, 3.8) is 0 Å². The van der Waals surface area contributed by atoms with Gasteiger partial charge in [0.25, 0.3) is 5.91 Å². The molecule has 0 fully saturated rings. The minimum atomic E-state index is -0.519. The Kier molecular flexibility index (Phi) is 5.53. The monoisotopic (exact) mass is 322 g/mol. The largest absolute Gasteiger partial charge is 0.495 e. The Bertz CT molecular complexity index is 805. The molecule has 1 amide bonds. The van der Waals surface area contributed by atoms with Gasteiger partial charge < -0.3 is 15.4 Å². The Hall–Kier alpha value is -3.33. The summed E-state index contributed by atoms with van der Waals surface area (Å²) in [5.41, 5.74) is 3.00. The van der Waals surface area contributed by atoms with Crippen LogP contribution in [-0.2, 0) is 4.79 Å². The SMILES string of the molecule is COc1ccc(C)cc1NC(=O)/C(C#N)=C\Nc1ccc(C)nc1. The van der Waals surface area contributed by atoms with Crippen LogP contribution < -0.4 is 15.4 Å². The Morgan fingerprint density at radius 3 is 2.71 bits per heavy atom. The molecule has 0 saturated heterocycles. The first-order valence-corrected chi connectivity index (χ1v) is 7.29. The number of methoxy groups -OCH3 is 1. The van der Waals surface area contributed by atoms with Crippen molar-refractivity contribution in [2.75, 3.05) is 17.7 Å². The molecule has 6 heteroatoms. The number of nitrogens with zero attached hydrogens (tertiary/aromatic N) is 2. The smallest absolute Gasteiger partial charge is 0.267 e. The highest BCUT2D eigenvalue weighted by atomic mass is 16.5. The lowest BCUT2D eigenvalue weighted by Crippen LogP contribution is -2.15. The summed E-state index contributed by atoms with van der Waals surface area (Å²) >= 11 is 0. The number of ether oxygens (including phenoxy) is 1. The van der Waals surface area contributed by atoms with E-state index < -0.39 is 5.91 Å². The standard InChI is InChI=1S/C18H18N4O2/c1-12-4-7-17(24-3)16(8-12)22-18(23)14(9-19)10-21-15-6-5-13(2)20-11-15/h4-8,10-11,21H,1-3H3,(H,22,23)/b14-10-. The predicted molar refractivity (Wildman–Crippen MR) is 92.7 cm³/mol. The second-order valence-corrected chi connectivity index (χ2v) is 5.16. The van der Waals surface area contributed by atoms with Crippen molar-refractivity contribution in [1.29, 1.82) is 5.26 Å². The molecule has 1 aromatic heterocycles. The number of nitriles is 1. The van der Waals surface area contributed by atoms with E-state index in [-0.39, 0.29) is 5.57 Å². The van der Waals surface area contributed by atoms with Crippen LogP contribution in [0.3, 0.4) is 0 Å². The molecule has 0 unspecified atom stereocenters. The summed E-state index contributed by atoms with van der Waals surface area (Å²) in [7, 11) is 1.52. The number of nitrogens with one attached hydrogen (secondary N) is 2. The third-order valence-corrected chi connectivity index (χ3v) is 3.26. The maximum absolute atomic E-state index is 12.3. The van der Waals surface area contributed by atoms with Crippen LogP contribution in [0.25, 0.3) is 0 Å². The number of amides is 1. The number of aryl methyl sites for hydroxylation is 2. The van der Waals surface area contributed by atoms with E-state index in [0.29, 0.717) is 17.1 Å². The lowest BCUT2D eigenvalue weighted by molar-refractivity contribution is -0.112. The fourth-order valence-electron chi connectivity index (χ4n) is 1.97. The van der Waals surface area contributed by atoms with E-state index in [9.17, 15) is 10.1 Å². The maximum atomic E-state index is 12.3. The summed E-state index contributed by atoms with van der Waals surface area (Å²) in [5.74, 6) is 0.0101. The van der Waals surface area contributed by atoms with E-state index in [1.165, 1.54) is 13.3 Å². The van der Waals surface area contributed by atoms with Crippen LogP contribution in [0.5, 0.6) is 5.75 Å². The molecule has 2 aromatic rings. The number of aromatic nitrogens is 1. The average Bonchev–Trinajstić information content (AvgIpc) is 2.57. The third kappa shape index (κ3) is 4.34. The minimum Gasteiger partial charge on any atom is -0.495 e. The molecule has 6 nitrogen and oxygen atoms in total. The third-order valence-electron chi connectivity index (χ3n) is 3.26. The molecule has 0 aliphatic carbocycles. The van der Waals surface area contributed by atoms with E-state index in [1.807, 2.05) is 38.1 Å². The van der Waals surface area contributed by atoms with Gasteiger partial charge in [-0.3, -0.25) is 9.78 Å². The second kappa shape index (κ2) is 7.79. The van der Waals surface area contributed by atoms with Gasteiger partial charge in [0.2, 0.25) is 0 Å². The van der Waals surface area contributed by atoms with Crippen molar-refractivity contribution in [3.8, 4) is 11.8 Å². The average molecular weight is 322 g/mol. The van der Waals surface area contributed by atoms with Crippen LogP contribution in [0, 0.1) is 25.2 Å². The quantitative estimate of drug-likeness (QED) is 0.652. The first kappa shape index (κ1) is 17.0. The van der Waals surface area contributed by atoms with Crippen molar-refractivity contribution in [2.24, 2.45) is 0 Å². The number of hydrogen-bond donors (Lipinski definition) is 2. The van der Waals surface area contributed by atoms with Crippen LogP contribution in [0.4, 0.5) is 11.4 Å². The highest BCUT2D eigenvalue weighted by Crippen LogP contribution is 2.25. The van der Waals surface area contributed by atoms with Gasteiger partial charge in [-0.15, -0.1) is 0 Å². The van der Waals surface area contributed by atoms with Crippen LogP contribution in [-0.4, -0.2) is 18.0 Å². The fraction of sp³-hybridized carbons (Fsp3) is 0.167. The van der Waals surface area contributed by atoms with Crippen LogP contribution >= 0.6 is 0 Å². The lowest BCUT2D eigenvalue weighted by atomic mass is 10.2. The molecule has 0 bridgehead atoms. The van der Waals surface area contributed by atoms with E-state index in [4.69, 9.17) is 4.74 Å². The zero-order chi connectivity index (χ0) is 17.5. The number of rotatable bonds is 5. The minimum absolute atomic E-state index is 0.0564. The zero-order valence-corrected chi connectivity index (χ0v) is 13.8. The van der Waals surface area contributed by atoms with E-state index >= 15 is 0 Å². The van der Waals surface area contributed by atoms with Crippen molar-refractivity contribution in [3.05, 3.63) is 59.6 Å². The number of pyridine rings is 1. The molecule has 1 heterocycles. The van der Waals surface area contributed by atoms with Gasteiger partial charge in [0.15, 0.2) is 0 Å². The van der Waals surface area contributed by atoms with Gasteiger partial charge in [-0.2, -0.15) is 5.26 Å². The molecule has 1 aromatic carbocycles. The molecule has 24 heavy (non-hydrogen) atoms.